The molecule has 0 aliphatic heterocycles. The molecular weight excluding hydrogens is 334 g/mol. The van der Waals surface area contributed by atoms with Gasteiger partial charge in [0.1, 0.15) is 0 Å². The molecule has 1 aliphatic carbocycles. The zero-order chi connectivity index (χ0) is 14.2. The minimum Gasteiger partial charge on any atom is -0.330 e. The molecule has 3 rings (SSSR count). The third-order valence-electron chi connectivity index (χ3n) is 4.26. The van der Waals surface area contributed by atoms with Gasteiger partial charge in [0.15, 0.2) is 0 Å². The van der Waals surface area contributed by atoms with Crippen molar-refractivity contribution in [3.63, 3.8) is 0 Å². The van der Waals surface area contributed by atoms with Crippen LogP contribution in [0.25, 0.3) is 0 Å². The Morgan fingerprint density at radius 2 is 1.75 bits per heavy atom. The molecule has 0 radical (unpaired) electrons. The van der Waals surface area contributed by atoms with E-state index in [-0.39, 0.29) is 5.41 Å². The van der Waals surface area contributed by atoms with E-state index in [1.165, 1.54) is 16.7 Å². The van der Waals surface area contributed by atoms with Gasteiger partial charge in [-0.25, -0.2) is 0 Å². The largest absolute Gasteiger partial charge is 0.330 e. The summed E-state index contributed by atoms with van der Waals surface area (Å²) in [6, 6.07) is 14.8. The standard InChI is InChI=1S/C17H17BrClN/c18-15-6-5-14(16(19)7-15)10-17(11-20)8-12-3-1-2-4-13(12)9-17/h1-7H,8-11,20H2. The molecule has 0 atom stereocenters. The van der Waals surface area contributed by atoms with Gasteiger partial charge in [0, 0.05) is 9.50 Å². The summed E-state index contributed by atoms with van der Waals surface area (Å²) in [6.07, 6.45) is 3.03. The lowest BCUT2D eigenvalue weighted by Crippen LogP contribution is -2.33. The first-order chi connectivity index (χ1) is 9.62. The van der Waals surface area contributed by atoms with Crippen LogP contribution in [0.15, 0.2) is 46.9 Å². The second-order valence-corrected chi connectivity index (χ2v) is 7.06. The third kappa shape index (κ3) is 2.65. The van der Waals surface area contributed by atoms with E-state index in [1.54, 1.807) is 0 Å². The van der Waals surface area contributed by atoms with Gasteiger partial charge in [0.2, 0.25) is 0 Å². The Morgan fingerprint density at radius 3 is 2.30 bits per heavy atom. The van der Waals surface area contributed by atoms with E-state index in [0.29, 0.717) is 6.54 Å². The number of halogens is 2. The summed E-state index contributed by atoms with van der Waals surface area (Å²) in [4.78, 5) is 0. The Balaban J connectivity index is 1.89. The lowest BCUT2D eigenvalue weighted by molar-refractivity contribution is 0.315. The smallest absolute Gasteiger partial charge is 0.0449 e. The molecule has 1 nitrogen and oxygen atoms in total. The highest BCUT2D eigenvalue weighted by atomic mass is 79.9. The van der Waals surface area contributed by atoms with Crippen LogP contribution in [-0.2, 0) is 19.3 Å². The summed E-state index contributed by atoms with van der Waals surface area (Å²) in [5.41, 5.74) is 10.3. The van der Waals surface area contributed by atoms with Crippen LogP contribution < -0.4 is 5.73 Å². The van der Waals surface area contributed by atoms with E-state index >= 15 is 0 Å². The summed E-state index contributed by atoms with van der Waals surface area (Å²) in [5.74, 6) is 0. The highest BCUT2D eigenvalue weighted by Gasteiger charge is 2.36. The second kappa shape index (κ2) is 5.51. The Labute approximate surface area is 133 Å². The number of rotatable bonds is 3. The van der Waals surface area contributed by atoms with Crippen LogP contribution in [0, 0.1) is 5.41 Å². The number of hydrogen-bond donors (Lipinski definition) is 1. The van der Waals surface area contributed by atoms with Crippen LogP contribution in [0.3, 0.4) is 0 Å². The Bertz CT molecular complexity index is 614. The molecule has 2 N–H and O–H groups in total. The maximum Gasteiger partial charge on any atom is 0.0449 e. The van der Waals surface area contributed by atoms with E-state index in [0.717, 1.165) is 28.8 Å². The molecule has 1 aliphatic rings. The molecule has 104 valence electrons. The Morgan fingerprint density at radius 1 is 1.10 bits per heavy atom. The van der Waals surface area contributed by atoms with Crippen molar-refractivity contribution in [3.8, 4) is 0 Å². The number of nitrogens with two attached hydrogens (primary N) is 1. The highest BCUT2D eigenvalue weighted by Crippen LogP contribution is 2.40. The van der Waals surface area contributed by atoms with Crippen molar-refractivity contribution >= 4 is 27.5 Å². The Hall–Kier alpha value is -0.830. The molecule has 2 aromatic carbocycles. The van der Waals surface area contributed by atoms with Crippen molar-refractivity contribution in [2.24, 2.45) is 11.1 Å². The monoisotopic (exact) mass is 349 g/mol. The average molecular weight is 351 g/mol. The summed E-state index contributed by atoms with van der Waals surface area (Å²) in [5, 5.41) is 0.822. The maximum absolute atomic E-state index is 6.37. The summed E-state index contributed by atoms with van der Waals surface area (Å²) < 4.78 is 1.02. The molecule has 2 aromatic rings. The van der Waals surface area contributed by atoms with Gasteiger partial charge in [0.25, 0.3) is 0 Å². The fraction of sp³-hybridized carbons (Fsp3) is 0.294. The lowest BCUT2D eigenvalue weighted by Gasteiger charge is -2.28. The van der Waals surface area contributed by atoms with E-state index in [1.807, 2.05) is 12.1 Å². The SMILES string of the molecule is NCC1(Cc2ccc(Br)cc2Cl)Cc2ccccc2C1. The molecule has 0 heterocycles. The Kier molecular flexibility index (Phi) is 3.89. The van der Waals surface area contributed by atoms with Crippen molar-refractivity contribution in [2.75, 3.05) is 6.54 Å². The van der Waals surface area contributed by atoms with Crippen LogP contribution >= 0.6 is 27.5 Å². The molecule has 20 heavy (non-hydrogen) atoms. The molecular formula is C17H17BrClN. The number of hydrogen-bond acceptors (Lipinski definition) is 1. The average Bonchev–Trinajstić information content (AvgIpc) is 2.81. The molecule has 0 aromatic heterocycles. The van der Waals surface area contributed by atoms with Crippen molar-refractivity contribution in [3.05, 3.63) is 68.7 Å². The maximum atomic E-state index is 6.37. The fourth-order valence-corrected chi connectivity index (χ4v) is 3.92. The van der Waals surface area contributed by atoms with Gasteiger partial charge < -0.3 is 5.73 Å². The molecule has 0 fully saturated rings. The van der Waals surface area contributed by atoms with Crippen LogP contribution in [0.5, 0.6) is 0 Å². The van der Waals surface area contributed by atoms with E-state index in [9.17, 15) is 0 Å². The number of fused-ring (bicyclic) bond motifs is 1. The second-order valence-electron chi connectivity index (χ2n) is 5.74. The van der Waals surface area contributed by atoms with Gasteiger partial charge in [-0.3, -0.25) is 0 Å². The quantitative estimate of drug-likeness (QED) is 0.873. The number of benzene rings is 2. The van der Waals surface area contributed by atoms with Crippen LogP contribution in [-0.4, -0.2) is 6.54 Å². The van der Waals surface area contributed by atoms with Gasteiger partial charge in [-0.05, 0) is 60.0 Å². The van der Waals surface area contributed by atoms with Gasteiger partial charge in [-0.15, -0.1) is 0 Å². The molecule has 0 bridgehead atoms. The minimum atomic E-state index is 0.112. The summed E-state index contributed by atoms with van der Waals surface area (Å²) >= 11 is 9.82. The van der Waals surface area contributed by atoms with Crippen molar-refractivity contribution < 1.29 is 0 Å². The van der Waals surface area contributed by atoms with Crippen molar-refractivity contribution in [1.29, 1.82) is 0 Å². The molecule has 0 amide bonds. The minimum absolute atomic E-state index is 0.112. The van der Waals surface area contributed by atoms with Crippen molar-refractivity contribution in [2.45, 2.75) is 19.3 Å². The molecule has 0 saturated carbocycles. The zero-order valence-corrected chi connectivity index (χ0v) is 13.5. The van der Waals surface area contributed by atoms with Gasteiger partial charge in [-0.1, -0.05) is 57.9 Å². The zero-order valence-electron chi connectivity index (χ0n) is 11.2. The van der Waals surface area contributed by atoms with E-state index in [4.69, 9.17) is 17.3 Å². The third-order valence-corrected chi connectivity index (χ3v) is 5.11. The lowest BCUT2D eigenvalue weighted by atomic mass is 9.79. The van der Waals surface area contributed by atoms with Crippen molar-refractivity contribution in [1.82, 2.24) is 0 Å². The van der Waals surface area contributed by atoms with Gasteiger partial charge in [-0.2, -0.15) is 0 Å². The van der Waals surface area contributed by atoms with E-state index in [2.05, 4.69) is 46.3 Å². The highest BCUT2D eigenvalue weighted by molar-refractivity contribution is 9.10. The first-order valence-corrected chi connectivity index (χ1v) is 8.00. The first kappa shape index (κ1) is 14.1. The summed E-state index contributed by atoms with van der Waals surface area (Å²) in [6.45, 7) is 0.689. The predicted molar refractivity (Wildman–Crippen MR) is 88.2 cm³/mol. The van der Waals surface area contributed by atoms with Crippen LogP contribution in [0.2, 0.25) is 5.02 Å². The normalized spacial score (nSPS) is 16.1. The van der Waals surface area contributed by atoms with Crippen LogP contribution in [0.4, 0.5) is 0 Å². The molecule has 3 heteroatoms. The molecule has 0 spiro atoms. The fourth-order valence-electron chi connectivity index (χ4n) is 3.18. The molecule has 0 unspecified atom stereocenters. The topological polar surface area (TPSA) is 26.0 Å². The van der Waals surface area contributed by atoms with Gasteiger partial charge in [0.05, 0.1) is 0 Å². The summed E-state index contributed by atoms with van der Waals surface area (Å²) in [7, 11) is 0. The predicted octanol–water partition coefficient (Wildman–Crippen LogP) is 4.39. The first-order valence-electron chi connectivity index (χ1n) is 6.83. The van der Waals surface area contributed by atoms with Gasteiger partial charge >= 0.3 is 0 Å². The molecule has 0 saturated heterocycles. The van der Waals surface area contributed by atoms with E-state index < -0.39 is 0 Å². The van der Waals surface area contributed by atoms with Crippen LogP contribution in [0.1, 0.15) is 16.7 Å².